The molecule has 48 heavy (non-hydrogen) atoms. The molecule has 0 aliphatic carbocycles. The van der Waals surface area contributed by atoms with Crippen LogP contribution in [0, 0.1) is 0 Å². The number of nitrogens with zero attached hydrogens (tertiary/aromatic N) is 7. The van der Waals surface area contributed by atoms with Gasteiger partial charge in [0.2, 0.25) is 11.8 Å². The number of likely N-dealkylation sites (N-methyl/N-ethyl adjacent to an activating group) is 1. The van der Waals surface area contributed by atoms with Crippen molar-refractivity contribution in [1.29, 1.82) is 0 Å². The van der Waals surface area contributed by atoms with E-state index in [1.54, 1.807) is 15.9 Å². The predicted molar refractivity (Wildman–Crippen MR) is 189 cm³/mol. The molecule has 11 nitrogen and oxygen atoms in total. The first kappa shape index (κ1) is 39.8. The molecule has 0 radical (unpaired) electrons. The molecule has 0 aromatic carbocycles. The van der Waals surface area contributed by atoms with Crippen LogP contribution in [0.4, 0.5) is 4.39 Å². The van der Waals surface area contributed by atoms with E-state index in [0.717, 1.165) is 39.1 Å². The summed E-state index contributed by atoms with van der Waals surface area (Å²) in [6, 6.07) is 0.942. The maximum Gasteiger partial charge on any atom is 0.282 e. The third-order valence-corrected chi connectivity index (χ3v) is 10.5. The average Bonchev–Trinajstić information content (AvgIpc) is 3.07. The Labute approximate surface area is 288 Å². The smallest absolute Gasteiger partial charge is 0.282 e. The minimum atomic E-state index is -0.673. The largest absolute Gasteiger partial charge is 0.394 e. The molecule has 5 atom stereocenters. The van der Waals surface area contributed by atoms with Gasteiger partial charge in [-0.15, -0.1) is 0 Å². The molecule has 0 bridgehead atoms. The Balaban J connectivity index is 1.37. The maximum absolute atomic E-state index is 14.8. The van der Waals surface area contributed by atoms with Gasteiger partial charge < -0.3 is 24.7 Å². The lowest BCUT2D eigenvalue weighted by molar-refractivity contribution is -0.133. The van der Waals surface area contributed by atoms with E-state index in [9.17, 15) is 23.9 Å². The van der Waals surface area contributed by atoms with Crippen molar-refractivity contribution < 1.29 is 23.9 Å². The maximum atomic E-state index is 14.8. The zero-order valence-corrected chi connectivity index (χ0v) is 30.6. The first-order valence-corrected chi connectivity index (χ1v) is 17.9. The SMILES string of the molecule is C=CC(=O)N1CCN(C(C)C/C=C\C(=O)N2CCN(C(C)CCN(C)C/C=C(\F)C(=O)N3CCN(C(C)C)C(C)C3)CC2C)CC1CO. The van der Waals surface area contributed by atoms with E-state index in [2.05, 4.69) is 62.8 Å². The van der Waals surface area contributed by atoms with Crippen molar-refractivity contribution in [2.45, 2.75) is 90.6 Å². The molecule has 3 amide bonds. The van der Waals surface area contributed by atoms with Crippen molar-refractivity contribution in [2.24, 2.45) is 0 Å². The third-order valence-electron chi connectivity index (χ3n) is 10.5. The standard InChI is InChI=1S/C36H62FN7O4/c1-9-34(46)44-22-18-40(25-32(44)26-45)28(4)11-10-12-35(47)43-21-17-39(23-31(43)7)29(5)13-15-38(8)16-14-33(37)36(48)41-19-20-42(27(2)3)30(6)24-41/h9-10,12,14,27-32,45H,1,11,13,15-26H2,2-8H3/b12-10-,33-14-. The van der Waals surface area contributed by atoms with Gasteiger partial charge >= 0.3 is 0 Å². The summed E-state index contributed by atoms with van der Waals surface area (Å²) in [6.07, 6.45) is 7.94. The number of carbonyl (C=O) groups excluding carboxylic acids is 3. The summed E-state index contributed by atoms with van der Waals surface area (Å²) in [5.74, 6) is -1.31. The lowest BCUT2D eigenvalue weighted by Gasteiger charge is -2.43. The van der Waals surface area contributed by atoms with Crippen LogP contribution in [0.5, 0.6) is 0 Å². The summed E-state index contributed by atoms with van der Waals surface area (Å²) in [5, 5.41) is 9.80. The van der Waals surface area contributed by atoms with Gasteiger partial charge in [-0.25, -0.2) is 4.39 Å². The van der Waals surface area contributed by atoms with Crippen LogP contribution >= 0.6 is 0 Å². The Morgan fingerprint density at radius 2 is 1.56 bits per heavy atom. The molecule has 272 valence electrons. The number of aliphatic hydroxyl groups excluding tert-OH is 1. The van der Waals surface area contributed by atoms with E-state index in [4.69, 9.17) is 0 Å². The number of carbonyl (C=O) groups is 3. The summed E-state index contributed by atoms with van der Waals surface area (Å²) in [6.45, 7) is 23.4. The van der Waals surface area contributed by atoms with Crippen molar-refractivity contribution in [3.63, 3.8) is 0 Å². The van der Waals surface area contributed by atoms with Crippen LogP contribution < -0.4 is 0 Å². The highest BCUT2D eigenvalue weighted by Gasteiger charge is 2.32. The van der Waals surface area contributed by atoms with Crippen molar-refractivity contribution in [2.75, 3.05) is 85.6 Å². The van der Waals surface area contributed by atoms with E-state index in [-0.39, 0.29) is 42.6 Å². The molecule has 3 fully saturated rings. The number of rotatable bonds is 14. The van der Waals surface area contributed by atoms with Gasteiger partial charge in [-0.2, -0.15) is 0 Å². The molecule has 3 aliphatic heterocycles. The first-order chi connectivity index (χ1) is 22.8. The summed E-state index contributed by atoms with van der Waals surface area (Å²) in [7, 11) is 1.95. The van der Waals surface area contributed by atoms with Crippen molar-refractivity contribution in [3.8, 4) is 0 Å². The molecule has 3 saturated heterocycles. The van der Waals surface area contributed by atoms with Crippen molar-refractivity contribution in [3.05, 3.63) is 36.7 Å². The Hall–Kier alpha value is -2.64. The van der Waals surface area contributed by atoms with Gasteiger partial charge in [-0.3, -0.25) is 29.1 Å². The Kier molecular flexibility index (Phi) is 15.7. The summed E-state index contributed by atoms with van der Waals surface area (Å²) in [4.78, 5) is 52.2. The van der Waals surface area contributed by atoms with E-state index in [0.29, 0.717) is 57.8 Å². The molecule has 3 rings (SSSR count). The van der Waals surface area contributed by atoms with Crippen LogP contribution in [-0.4, -0.2) is 179 Å². The minimum absolute atomic E-state index is 0.0241. The number of piperazine rings is 3. The monoisotopic (exact) mass is 675 g/mol. The van der Waals surface area contributed by atoms with E-state index < -0.39 is 11.7 Å². The first-order valence-electron chi connectivity index (χ1n) is 17.9. The number of amides is 3. The average molecular weight is 676 g/mol. The van der Waals surface area contributed by atoms with Crippen LogP contribution in [0.1, 0.15) is 54.4 Å². The second kappa shape index (κ2) is 18.9. The molecule has 1 N–H and O–H groups in total. The van der Waals surface area contributed by atoms with E-state index >= 15 is 0 Å². The molecular weight excluding hydrogens is 613 g/mol. The molecule has 0 aromatic heterocycles. The normalized spacial score (nSPS) is 25.3. The van der Waals surface area contributed by atoms with Crippen LogP contribution in [0.3, 0.4) is 0 Å². The highest BCUT2D eigenvalue weighted by molar-refractivity contribution is 5.91. The fourth-order valence-corrected chi connectivity index (χ4v) is 7.25. The molecule has 3 aliphatic rings. The Morgan fingerprint density at radius 1 is 0.896 bits per heavy atom. The lowest BCUT2D eigenvalue weighted by atomic mass is 10.1. The van der Waals surface area contributed by atoms with Crippen LogP contribution in [0.15, 0.2) is 36.7 Å². The van der Waals surface area contributed by atoms with Crippen LogP contribution in [0.25, 0.3) is 0 Å². The van der Waals surface area contributed by atoms with Gasteiger partial charge in [0.05, 0.1) is 12.6 Å². The number of hydrogen-bond donors (Lipinski definition) is 1. The minimum Gasteiger partial charge on any atom is -0.394 e. The summed E-state index contributed by atoms with van der Waals surface area (Å²) in [5.41, 5.74) is 0. The van der Waals surface area contributed by atoms with Gasteiger partial charge in [0.1, 0.15) is 0 Å². The quantitative estimate of drug-likeness (QED) is 0.280. The predicted octanol–water partition coefficient (Wildman–Crippen LogP) is 2.05. The summed E-state index contributed by atoms with van der Waals surface area (Å²) < 4.78 is 14.8. The molecule has 0 spiro atoms. The lowest BCUT2D eigenvalue weighted by Crippen LogP contribution is -2.58. The van der Waals surface area contributed by atoms with Crippen molar-refractivity contribution in [1.82, 2.24) is 34.3 Å². The van der Waals surface area contributed by atoms with Gasteiger partial charge in [0, 0.05) is 95.7 Å². The number of halogens is 1. The van der Waals surface area contributed by atoms with Gasteiger partial charge in [0.25, 0.3) is 5.91 Å². The fraction of sp³-hybridized carbons (Fsp3) is 0.750. The number of aliphatic hydroxyl groups is 1. The molecule has 5 unspecified atom stereocenters. The molecular formula is C36H62FN7O4. The van der Waals surface area contributed by atoms with Crippen LogP contribution in [0.2, 0.25) is 0 Å². The Bertz CT molecular complexity index is 1150. The highest BCUT2D eigenvalue weighted by atomic mass is 19.1. The molecule has 3 heterocycles. The molecule has 0 aromatic rings. The van der Waals surface area contributed by atoms with E-state index in [1.165, 1.54) is 12.2 Å². The number of hydrogen-bond acceptors (Lipinski definition) is 8. The van der Waals surface area contributed by atoms with Gasteiger partial charge in [-0.05, 0) is 86.2 Å². The zero-order chi connectivity index (χ0) is 35.5. The molecule has 0 saturated carbocycles. The fourth-order valence-electron chi connectivity index (χ4n) is 7.25. The highest BCUT2D eigenvalue weighted by Crippen LogP contribution is 2.18. The van der Waals surface area contributed by atoms with Gasteiger partial charge in [0.15, 0.2) is 5.83 Å². The molecule has 12 heteroatoms. The topological polar surface area (TPSA) is 94.1 Å². The van der Waals surface area contributed by atoms with Gasteiger partial charge in [-0.1, -0.05) is 12.7 Å². The Morgan fingerprint density at radius 3 is 2.17 bits per heavy atom. The summed E-state index contributed by atoms with van der Waals surface area (Å²) >= 11 is 0. The third kappa shape index (κ3) is 10.9. The van der Waals surface area contributed by atoms with Crippen LogP contribution in [-0.2, 0) is 14.4 Å². The van der Waals surface area contributed by atoms with E-state index in [1.807, 2.05) is 22.9 Å². The van der Waals surface area contributed by atoms with Crippen molar-refractivity contribution >= 4 is 17.7 Å². The second-order valence-electron chi connectivity index (χ2n) is 14.3. The zero-order valence-electron chi connectivity index (χ0n) is 30.6. The second-order valence-corrected chi connectivity index (χ2v) is 14.3.